The molecule has 0 aliphatic carbocycles. The molecule has 1 aliphatic rings. The van der Waals surface area contributed by atoms with Crippen molar-refractivity contribution in [1.82, 2.24) is 15.0 Å². The van der Waals surface area contributed by atoms with E-state index in [1.165, 1.54) is 12.4 Å². The maximum atomic E-state index is 9.90. The molecular formula is C24H26N6O3. The first-order valence-corrected chi connectivity index (χ1v) is 10.7. The molecule has 0 saturated carbocycles. The Morgan fingerprint density at radius 1 is 1.30 bits per heavy atom. The lowest BCUT2D eigenvalue weighted by molar-refractivity contribution is 0.0529. The van der Waals surface area contributed by atoms with Gasteiger partial charge in [-0.05, 0) is 32.0 Å². The number of aliphatic hydroxyl groups is 1. The molecule has 0 amide bonds. The second-order valence-corrected chi connectivity index (χ2v) is 7.95. The summed E-state index contributed by atoms with van der Waals surface area (Å²) in [5.41, 5.74) is 7.94. The highest BCUT2D eigenvalue weighted by Gasteiger charge is 2.20. The molecule has 1 fully saturated rings. The molecule has 2 atom stereocenters. The minimum absolute atomic E-state index is 0.0829. The molecular weight excluding hydrogens is 420 g/mol. The summed E-state index contributed by atoms with van der Waals surface area (Å²) in [6.45, 7) is 6.19. The van der Waals surface area contributed by atoms with Crippen LogP contribution in [0, 0.1) is 18.3 Å². The highest BCUT2D eigenvalue weighted by Crippen LogP contribution is 2.34. The number of morpholine rings is 1. The smallest absolute Gasteiger partial charge is 0.162 e. The number of hydrogen-bond acceptors (Lipinski definition) is 9. The summed E-state index contributed by atoms with van der Waals surface area (Å²) in [5, 5.41) is 19.3. The van der Waals surface area contributed by atoms with E-state index >= 15 is 0 Å². The van der Waals surface area contributed by atoms with Gasteiger partial charge in [0.15, 0.2) is 5.82 Å². The zero-order valence-electron chi connectivity index (χ0n) is 18.6. The van der Waals surface area contributed by atoms with Crippen molar-refractivity contribution < 1.29 is 14.6 Å². The van der Waals surface area contributed by atoms with Crippen LogP contribution < -0.4 is 15.4 Å². The minimum Gasteiger partial charge on any atom is -0.456 e. The molecule has 0 unspecified atom stereocenters. The molecule has 0 bridgehead atoms. The minimum atomic E-state index is -0.822. The number of nitriles is 1. The SMILES string of the molecule is Cc1cc(Oc2cc(C#N)ccc2-c2ncc([C@H](O)CN)cn2)cc(N2CCO[C@@H](C)C2)n1. The molecule has 1 aromatic carbocycles. The predicted octanol–water partition coefficient (Wildman–Crippen LogP) is 2.73. The maximum Gasteiger partial charge on any atom is 0.162 e. The lowest BCUT2D eigenvalue weighted by Gasteiger charge is -2.32. The van der Waals surface area contributed by atoms with Crippen LogP contribution in [-0.4, -0.2) is 52.4 Å². The second kappa shape index (κ2) is 9.92. The fraction of sp³-hybridized carbons (Fsp3) is 0.333. The number of nitrogens with zero attached hydrogens (tertiary/aromatic N) is 5. The van der Waals surface area contributed by atoms with E-state index in [1.807, 2.05) is 26.0 Å². The number of nitrogens with two attached hydrogens (primary N) is 1. The van der Waals surface area contributed by atoms with Gasteiger partial charge in [0, 0.05) is 55.4 Å². The van der Waals surface area contributed by atoms with Crippen LogP contribution >= 0.6 is 0 Å². The van der Waals surface area contributed by atoms with Crippen molar-refractivity contribution in [1.29, 1.82) is 5.26 Å². The standard InChI is InChI=1S/C24H26N6O3/c1-15-7-19(9-23(29-15)30-5-6-32-16(2)14-30)33-22-8-17(10-25)3-4-20(22)24-27-12-18(13-28-24)21(31)11-26/h3-4,7-9,12-13,16,21,31H,5-6,11,14,26H2,1-2H3/t16-,21+/m0/s1. The van der Waals surface area contributed by atoms with Crippen molar-refractivity contribution >= 4 is 5.82 Å². The Bertz CT molecular complexity index is 1160. The molecule has 1 aliphatic heterocycles. The monoisotopic (exact) mass is 446 g/mol. The summed E-state index contributed by atoms with van der Waals surface area (Å²) in [6, 6.07) is 11.0. The van der Waals surface area contributed by atoms with Crippen LogP contribution in [0.4, 0.5) is 5.82 Å². The van der Waals surface area contributed by atoms with Crippen molar-refractivity contribution in [3.63, 3.8) is 0 Å². The van der Waals surface area contributed by atoms with Crippen molar-refractivity contribution in [2.45, 2.75) is 26.1 Å². The van der Waals surface area contributed by atoms with Crippen molar-refractivity contribution in [3.8, 4) is 29.0 Å². The maximum absolute atomic E-state index is 9.90. The number of ether oxygens (including phenoxy) is 2. The van der Waals surface area contributed by atoms with Gasteiger partial charge in [0.2, 0.25) is 0 Å². The summed E-state index contributed by atoms with van der Waals surface area (Å²) in [4.78, 5) is 15.6. The number of aryl methyl sites for hydroxylation is 1. The van der Waals surface area contributed by atoms with Gasteiger partial charge < -0.3 is 25.2 Å². The van der Waals surface area contributed by atoms with Crippen LogP contribution in [0.5, 0.6) is 11.5 Å². The van der Waals surface area contributed by atoms with Gasteiger partial charge in [0.05, 0.1) is 36.0 Å². The molecule has 0 spiro atoms. The summed E-state index contributed by atoms with van der Waals surface area (Å²) in [6.07, 6.45) is 2.38. The third-order valence-corrected chi connectivity index (χ3v) is 5.34. The molecule has 1 saturated heterocycles. The number of hydrogen-bond donors (Lipinski definition) is 2. The number of benzene rings is 1. The van der Waals surface area contributed by atoms with Gasteiger partial charge in [-0.3, -0.25) is 0 Å². The van der Waals surface area contributed by atoms with Crippen molar-refractivity contribution in [3.05, 3.63) is 59.5 Å². The average Bonchev–Trinajstić information content (AvgIpc) is 2.83. The average molecular weight is 447 g/mol. The van der Waals surface area contributed by atoms with Crippen LogP contribution in [0.15, 0.2) is 42.7 Å². The van der Waals surface area contributed by atoms with Gasteiger partial charge in [-0.1, -0.05) is 0 Å². The van der Waals surface area contributed by atoms with Gasteiger partial charge in [0.25, 0.3) is 0 Å². The van der Waals surface area contributed by atoms with Gasteiger partial charge in [-0.25, -0.2) is 15.0 Å². The molecule has 170 valence electrons. The Morgan fingerprint density at radius 3 is 2.79 bits per heavy atom. The largest absolute Gasteiger partial charge is 0.456 e. The van der Waals surface area contributed by atoms with Gasteiger partial charge >= 0.3 is 0 Å². The Kier molecular flexibility index (Phi) is 6.79. The molecule has 3 aromatic rings. The third kappa shape index (κ3) is 5.26. The molecule has 3 heterocycles. The van der Waals surface area contributed by atoms with Crippen LogP contribution in [0.1, 0.15) is 29.8 Å². The van der Waals surface area contributed by atoms with Crippen LogP contribution in [-0.2, 0) is 4.74 Å². The van der Waals surface area contributed by atoms with Crippen LogP contribution in [0.2, 0.25) is 0 Å². The second-order valence-electron chi connectivity index (χ2n) is 7.95. The molecule has 33 heavy (non-hydrogen) atoms. The first kappa shape index (κ1) is 22.6. The van der Waals surface area contributed by atoms with Crippen molar-refractivity contribution in [2.75, 3.05) is 31.1 Å². The predicted molar refractivity (Wildman–Crippen MR) is 123 cm³/mol. The van der Waals surface area contributed by atoms with E-state index in [0.717, 1.165) is 24.6 Å². The first-order valence-electron chi connectivity index (χ1n) is 10.7. The third-order valence-electron chi connectivity index (χ3n) is 5.34. The number of rotatable bonds is 6. The number of pyridine rings is 1. The lowest BCUT2D eigenvalue weighted by Crippen LogP contribution is -2.41. The van der Waals surface area contributed by atoms with Gasteiger partial charge in [-0.15, -0.1) is 0 Å². The fourth-order valence-electron chi connectivity index (χ4n) is 3.64. The normalized spacial score (nSPS) is 16.8. The van der Waals surface area contributed by atoms with E-state index < -0.39 is 6.10 Å². The van der Waals surface area contributed by atoms with E-state index in [2.05, 4.69) is 25.9 Å². The molecule has 9 nitrogen and oxygen atoms in total. The molecule has 4 rings (SSSR count). The molecule has 0 radical (unpaired) electrons. The molecule has 9 heteroatoms. The number of aliphatic hydroxyl groups excluding tert-OH is 1. The van der Waals surface area contributed by atoms with E-state index in [4.69, 9.17) is 15.2 Å². The number of aromatic nitrogens is 3. The van der Waals surface area contributed by atoms with E-state index in [1.54, 1.807) is 18.2 Å². The van der Waals surface area contributed by atoms with E-state index in [0.29, 0.717) is 40.6 Å². The fourth-order valence-corrected chi connectivity index (χ4v) is 3.64. The van der Waals surface area contributed by atoms with Gasteiger partial charge in [-0.2, -0.15) is 5.26 Å². The summed E-state index contributed by atoms with van der Waals surface area (Å²) >= 11 is 0. The van der Waals surface area contributed by atoms with E-state index in [9.17, 15) is 10.4 Å². The van der Waals surface area contributed by atoms with Crippen LogP contribution in [0.25, 0.3) is 11.4 Å². The Balaban J connectivity index is 1.67. The van der Waals surface area contributed by atoms with Crippen LogP contribution in [0.3, 0.4) is 0 Å². The number of anilines is 1. The molecule has 2 aromatic heterocycles. The lowest BCUT2D eigenvalue weighted by atomic mass is 10.1. The summed E-state index contributed by atoms with van der Waals surface area (Å²) in [5.74, 6) is 2.28. The van der Waals surface area contributed by atoms with Crippen molar-refractivity contribution in [2.24, 2.45) is 5.73 Å². The highest BCUT2D eigenvalue weighted by atomic mass is 16.5. The zero-order valence-corrected chi connectivity index (χ0v) is 18.6. The van der Waals surface area contributed by atoms with Gasteiger partial charge in [0.1, 0.15) is 17.3 Å². The Morgan fingerprint density at radius 2 is 2.09 bits per heavy atom. The zero-order chi connectivity index (χ0) is 23.4. The summed E-state index contributed by atoms with van der Waals surface area (Å²) in [7, 11) is 0. The quantitative estimate of drug-likeness (QED) is 0.587. The topological polar surface area (TPSA) is 130 Å². The van der Waals surface area contributed by atoms with E-state index in [-0.39, 0.29) is 12.6 Å². The Hall–Kier alpha value is -3.58. The first-order chi connectivity index (χ1) is 16.0. The molecule has 3 N–H and O–H groups in total. The highest BCUT2D eigenvalue weighted by molar-refractivity contribution is 5.66. The summed E-state index contributed by atoms with van der Waals surface area (Å²) < 4.78 is 11.9. The Labute approximate surface area is 192 Å².